The zero-order chi connectivity index (χ0) is 19.4. The van der Waals surface area contributed by atoms with Crippen LogP contribution in [0.2, 0.25) is 5.02 Å². The lowest BCUT2D eigenvalue weighted by Gasteiger charge is -2.07. The summed E-state index contributed by atoms with van der Waals surface area (Å²) in [7, 11) is 0. The summed E-state index contributed by atoms with van der Waals surface area (Å²) in [5, 5.41) is 25.4. The van der Waals surface area contributed by atoms with Crippen LogP contribution in [-0.4, -0.2) is 36.8 Å². The third-order valence-electron chi connectivity index (χ3n) is 3.46. The van der Waals surface area contributed by atoms with E-state index < -0.39 is 4.92 Å². The van der Waals surface area contributed by atoms with Crippen molar-refractivity contribution in [1.29, 1.82) is 0 Å². The van der Waals surface area contributed by atoms with Crippen molar-refractivity contribution in [2.75, 3.05) is 11.1 Å². The minimum Gasteiger partial charge on any atom is -0.324 e. The van der Waals surface area contributed by atoms with E-state index in [4.69, 9.17) is 11.6 Å². The van der Waals surface area contributed by atoms with Crippen molar-refractivity contribution in [3.05, 3.63) is 63.2 Å². The van der Waals surface area contributed by atoms with E-state index >= 15 is 0 Å². The number of halogens is 1. The number of nitrogens with zero attached hydrogens (tertiary/aromatic N) is 5. The third kappa shape index (κ3) is 4.60. The number of hydrogen-bond acceptors (Lipinski definition) is 7. The highest BCUT2D eigenvalue weighted by Gasteiger charge is 2.14. The Morgan fingerprint density at radius 2 is 2.15 bits per heavy atom. The molecule has 2 aromatic carbocycles. The van der Waals surface area contributed by atoms with Crippen LogP contribution in [-0.2, 0) is 4.79 Å². The van der Waals surface area contributed by atoms with Gasteiger partial charge in [-0.2, -0.15) is 4.68 Å². The van der Waals surface area contributed by atoms with Gasteiger partial charge in [0.25, 0.3) is 5.69 Å². The number of nitro benzene ring substituents is 1. The number of nitrogens with one attached hydrogen (secondary N) is 1. The number of amides is 1. The molecule has 1 aromatic heterocycles. The molecule has 3 aromatic rings. The van der Waals surface area contributed by atoms with E-state index in [0.717, 1.165) is 23.0 Å². The predicted octanol–water partition coefficient (Wildman–Crippen LogP) is 3.26. The van der Waals surface area contributed by atoms with Crippen LogP contribution in [0, 0.1) is 17.0 Å². The molecule has 0 spiro atoms. The van der Waals surface area contributed by atoms with E-state index in [9.17, 15) is 14.9 Å². The number of anilines is 1. The molecule has 0 aliphatic heterocycles. The zero-order valence-electron chi connectivity index (χ0n) is 14.0. The monoisotopic (exact) mass is 404 g/mol. The van der Waals surface area contributed by atoms with Gasteiger partial charge in [0, 0.05) is 12.1 Å². The topological polar surface area (TPSA) is 116 Å². The van der Waals surface area contributed by atoms with Crippen molar-refractivity contribution < 1.29 is 9.72 Å². The number of rotatable bonds is 6. The molecule has 1 heterocycles. The molecule has 0 unspecified atom stereocenters. The lowest BCUT2D eigenvalue weighted by Crippen LogP contribution is -2.15. The quantitative estimate of drug-likeness (QED) is 0.380. The van der Waals surface area contributed by atoms with Crippen molar-refractivity contribution in [3.8, 4) is 5.69 Å². The van der Waals surface area contributed by atoms with Gasteiger partial charge in [-0.15, -0.1) is 5.10 Å². The van der Waals surface area contributed by atoms with Crippen LogP contribution >= 0.6 is 23.4 Å². The average molecular weight is 405 g/mol. The SMILES string of the molecule is Cc1cccc(-n2nnnc2SCC(=O)Nc2ccc([N+](=O)[O-])cc2Cl)c1. The first-order valence-electron chi connectivity index (χ1n) is 7.66. The number of aryl methyl sites for hydroxylation is 1. The number of non-ortho nitro benzene ring substituents is 1. The van der Waals surface area contributed by atoms with E-state index in [1.165, 1.54) is 18.2 Å². The van der Waals surface area contributed by atoms with Gasteiger partial charge in [-0.1, -0.05) is 35.5 Å². The highest BCUT2D eigenvalue weighted by atomic mass is 35.5. The fourth-order valence-corrected chi connectivity index (χ4v) is 3.14. The molecule has 0 aliphatic carbocycles. The maximum absolute atomic E-state index is 12.2. The van der Waals surface area contributed by atoms with Crippen LogP contribution in [0.5, 0.6) is 0 Å². The van der Waals surface area contributed by atoms with Gasteiger partial charge in [0.05, 0.1) is 27.1 Å². The number of carbonyl (C=O) groups excluding carboxylic acids is 1. The molecular formula is C16H13ClN6O3S. The van der Waals surface area contributed by atoms with E-state index in [2.05, 4.69) is 20.8 Å². The smallest absolute Gasteiger partial charge is 0.271 e. The van der Waals surface area contributed by atoms with Crippen LogP contribution in [0.1, 0.15) is 5.56 Å². The summed E-state index contributed by atoms with van der Waals surface area (Å²) in [6, 6.07) is 11.5. The van der Waals surface area contributed by atoms with E-state index in [-0.39, 0.29) is 22.4 Å². The number of nitro groups is 1. The van der Waals surface area contributed by atoms with Gasteiger partial charge >= 0.3 is 0 Å². The van der Waals surface area contributed by atoms with Gasteiger partial charge in [0.15, 0.2) is 0 Å². The first-order valence-corrected chi connectivity index (χ1v) is 9.02. The van der Waals surface area contributed by atoms with Crippen LogP contribution in [0.4, 0.5) is 11.4 Å². The van der Waals surface area contributed by atoms with Crippen LogP contribution < -0.4 is 5.32 Å². The van der Waals surface area contributed by atoms with Crippen molar-refractivity contribution in [2.45, 2.75) is 12.1 Å². The first kappa shape index (κ1) is 18.8. The maximum Gasteiger partial charge on any atom is 0.271 e. The minimum atomic E-state index is -0.557. The zero-order valence-corrected chi connectivity index (χ0v) is 15.6. The normalized spacial score (nSPS) is 10.6. The third-order valence-corrected chi connectivity index (χ3v) is 4.69. The molecule has 1 amide bonds. The summed E-state index contributed by atoms with van der Waals surface area (Å²) in [6.07, 6.45) is 0. The van der Waals surface area contributed by atoms with Gasteiger partial charge < -0.3 is 5.32 Å². The Bertz CT molecular complexity index is 1010. The Labute approximate surface area is 162 Å². The van der Waals surface area contributed by atoms with Crippen molar-refractivity contribution in [2.24, 2.45) is 0 Å². The summed E-state index contributed by atoms with van der Waals surface area (Å²) >= 11 is 7.13. The molecule has 11 heteroatoms. The van der Waals surface area contributed by atoms with E-state index in [0.29, 0.717) is 10.8 Å². The molecule has 3 rings (SSSR count). The van der Waals surface area contributed by atoms with Gasteiger partial charge in [0.2, 0.25) is 11.1 Å². The van der Waals surface area contributed by atoms with Crippen LogP contribution in [0.25, 0.3) is 5.69 Å². The van der Waals surface area contributed by atoms with Gasteiger partial charge in [-0.05, 0) is 41.1 Å². The summed E-state index contributed by atoms with van der Waals surface area (Å²) in [5.74, 6) is -0.297. The second-order valence-electron chi connectivity index (χ2n) is 5.47. The molecular weight excluding hydrogens is 392 g/mol. The maximum atomic E-state index is 12.2. The van der Waals surface area contributed by atoms with E-state index in [1.54, 1.807) is 4.68 Å². The Kier molecular flexibility index (Phi) is 5.67. The molecule has 0 bridgehead atoms. The highest BCUT2D eigenvalue weighted by molar-refractivity contribution is 7.99. The van der Waals surface area contributed by atoms with Crippen LogP contribution in [0.3, 0.4) is 0 Å². The van der Waals surface area contributed by atoms with Crippen LogP contribution in [0.15, 0.2) is 47.6 Å². The minimum absolute atomic E-state index is 0.0412. The summed E-state index contributed by atoms with van der Waals surface area (Å²) < 4.78 is 1.55. The first-order chi connectivity index (χ1) is 12.9. The lowest BCUT2D eigenvalue weighted by molar-refractivity contribution is -0.384. The van der Waals surface area contributed by atoms with E-state index in [1.807, 2.05) is 31.2 Å². The lowest BCUT2D eigenvalue weighted by atomic mass is 10.2. The summed E-state index contributed by atoms with van der Waals surface area (Å²) in [4.78, 5) is 22.3. The Morgan fingerprint density at radius 1 is 1.33 bits per heavy atom. The van der Waals surface area contributed by atoms with Crippen molar-refractivity contribution in [3.63, 3.8) is 0 Å². The summed E-state index contributed by atoms with van der Waals surface area (Å²) in [5.41, 5.74) is 2.00. The molecule has 9 nitrogen and oxygen atoms in total. The molecule has 0 radical (unpaired) electrons. The molecule has 138 valence electrons. The molecule has 0 atom stereocenters. The predicted molar refractivity (Wildman–Crippen MR) is 101 cm³/mol. The average Bonchev–Trinajstić information content (AvgIpc) is 3.10. The fourth-order valence-electron chi connectivity index (χ4n) is 2.23. The molecule has 1 N–H and O–H groups in total. The molecule has 27 heavy (non-hydrogen) atoms. The Balaban J connectivity index is 1.65. The van der Waals surface area contributed by atoms with Gasteiger partial charge in [0.1, 0.15) is 0 Å². The summed E-state index contributed by atoms with van der Waals surface area (Å²) in [6.45, 7) is 1.96. The van der Waals surface area contributed by atoms with Gasteiger partial charge in [-0.25, -0.2) is 0 Å². The number of tetrazole rings is 1. The molecule has 0 fully saturated rings. The second-order valence-corrected chi connectivity index (χ2v) is 6.82. The van der Waals surface area contributed by atoms with Crippen molar-refractivity contribution in [1.82, 2.24) is 20.2 Å². The number of hydrogen-bond donors (Lipinski definition) is 1. The Hall–Kier alpha value is -2.98. The highest BCUT2D eigenvalue weighted by Crippen LogP contribution is 2.27. The van der Waals surface area contributed by atoms with Gasteiger partial charge in [-0.3, -0.25) is 14.9 Å². The Morgan fingerprint density at radius 3 is 2.85 bits per heavy atom. The number of benzene rings is 2. The molecule has 0 aliphatic rings. The molecule has 0 saturated carbocycles. The standard InChI is InChI=1S/C16H13ClN6O3S/c1-10-3-2-4-11(7-10)22-16(19-20-21-22)27-9-15(24)18-14-6-5-12(23(25)26)8-13(14)17/h2-8H,9H2,1H3,(H,18,24). The molecule has 0 saturated heterocycles. The number of carbonyl (C=O) groups is 1. The largest absolute Gasteiger partial charge is 0.324 e. The number of aromatic nitrogens is 4. The van der Waals surface area contributed by atoms with Crippen molar-refractivity contribution >= 4 is 40.6 Å². The number of thioether (sulfide) groups is 1. The fraction of sp³-hybridized carbons (Fsp3) is 0.125. The second kappa shape index (κ2) is 8.14.